The van der Waals surface area contributed by atoms with E-state index in [1.165, 1.54) is 4.88 Å². The van der Waals surface area contributed by atoms with Gasteiger partial charge in [0.15, 0.2) is 5.69 Å². The molecule has 0 bridgehead atoms. The summed E-state index contributed by atoms with van der Waals surface area (Å²) in [6.07, 6.45) is 1.29. The number of carbonyl (C=O) groups is 1. The van der Waals surface area contributed by atoms with Gasteiger partial charge in [0.1, 0.15) is 0 Å². The number of carboxylic acid groups (broad SMARTS) is 1. The third kappa shape index (κ3) is 2.74. The number of rotatable bonds is 6. The van der Waals surface area contributed by atoms with Crippen molar-refractivity contribution < 1.29 is 9.90 Å². The van der Waals surface area contributed by atoms with Gasteiger partial charge in [-0.3, -0.25) is 0 Å². The first-order chi connectivity index (χ1) is 8.72. The first-order valence-electron chi connectivity index (χ1n) is 5.60. The molecule has 0 atom stereocenters. The highest BCUT2D eigenvalue weighted by Crippen LogP contribution is 2.12. The van der Waals surface area contributed by atoms with Crippen molar-refractivity contribution >= 4 is 17.3 Å². The monoisotopic (exact) mass is 266 g/mol. The van der Waals surface area contributed by atoms with Crippen LogP contribution < -0.4 is 5.73 Å². The van der Waals surface area contributed by atoms with Crippen LogP contribution in [0.4, 0.5) is 0 Å². The summed E-state index contributed by atoms with van der Waals surface area (Å²) in [4.78, 5) is 12.2. The molecule has 0 unspecified atom stereocenters. The number of thiophene rings is 1. The first kappa shape index (κ1) is 12.7. The molecule has 2 rings (SSSR count). The molecule has 6 nitrogen and oxygen atoms in total. The molecule has 3 N–H and O–H groups in total. The summed E-state index contributed by atoms with van der Waals surface area (Å²) in [5.41, 5.74) is 6.09. The number of nitrogens with zero attached hydrogens (tertiary/aromatic N) is 3. The predicted octanol–water partition coefficient (Wildman–Crippen LogP) is 0.782. The Labute approximate surface area is 108 Å². The van der Waals surface area contributed by atoms with Crippen molar-refractivity contribution in [3.63, 3.8) is 0 Å². The lowest BCUT2D eigenvalue weighted by molar-refractivity contribution is 0.0689. The van der Waals surface area contributed by atoms with Crippen molar-refractivity contribution in [2.45, 2.75) is 19.4 Å². The molecule has 0 fully saturated rings. The molecular formula is C11H14N4O2S. The summed E-state index contributed by atoms with van der Waals surface area (Å²) in [6.45, 7) is 1.00. The second kappa shape index (κ2) is 5.74. The van der Waals surface area contributed by atoms with Gasteiger partial charge in [0, 0.05) is 24.3 Å². The van der Waals surface area contributed by atoms with Crippen LogP contribution in [0.25, 0.3) is 0 Å². The molecule has 0 spiro atoms. The van der Waals surface area contributed by atoms with Crippen LogP contribution in [0.2, 0.25) is 0 Å². The molecule has 0 aliphatic heterocycles. The highest BCUT2D eigenvalue weighted by Gasteiger charge is 2.17. The van der Waals surface area contributed by atoms with Crippen molar-refractivity contribution in [1.82, 2.24) is 15.0 Å². The van der Waals surface area contributed by atoms with Gasteiger partial charge in [0.25, 0.3) is 0 Å². The summed E-state index contributed by atoms with van der Waals surface area (Å²) in [5.74, 6) is -1.05. The SMILES string of the molecule is NCCc1c(C(=O)O)nnn1CCc1cccs1. The van der Waals surface area contributed by atoms with Crippen LogP contribution in [-0.2, 0) is 19.4 Å². The fourth-order valence-corrected chi connectivity index (χ4v) is 2.43. The average molecular weight is 266 g/mol. The Balaban J connectivity index is 2.14. The van der Waals surface area contributed by atoms with Crippen molar-refractivity contribution in [3.8, 4) is 0 Å². The third-order valence-electron chi connectivity index (χ3n) is 2.57. The van der Waals surface area contributed by atoms with Gasteiger partial charge in [0.2, 0.25) is 0 Å². The third-order valence-corrected chi connectivity index (χ3v) is 3.51. The van der Waals surface area contributed by atoms with Crippen LogP contribution in [0.5, 0.6) is 0 Å². The van der Waals surface area contributed by atoms with Gasteiger partial charge in [-0.2, -0.15) is 0 Å². The van der Waals surface area contributed by atoms with E-state index in [2.05, 4.69) is 10.3 Å². The molecule has 0 radical (unpaired) electrons. The van der Waals surface area contributed by atoms with E-state index in [-0.39, 0.29) is 5.69 Å². The van der Waals surface area contributed by atoms with Gasteiger partial charge in [-0.25, -0.2) is 9.48 Å². The summed E-state index contributed by atoms with van der Waals surface area (Å²) < 4.78 is 1.63. The van der Waals surface area contributed by atoms with Crippen LogP contribution in [0, 0.1) is 0 Å². The first-order valence-corrected chi connectivity index (χ1v) is 6.48. The van der Waals surface area contributed by atoms with Crippen molar-refractivity contribution in [1.29, 1.82) is 0 Å². The smallest absolute Gasteiger partial charge is 0.358 e. The maximum absolute atomic E-state index is 11.0. The zero-order chi connectivity index (χ0) is 13.0. The van der Waals surface area contributed by atoms with E-state index in [0.717, 1.165) is 6.42 Å². The van der Waals surface area contributed by atoms with E-state index in [1.54, 1.807) is 16.0 Å². The Bertz CT molecular complexity index is 521. The Kier molecular flexibility index (Phi) is 4.06. The Morgan fingerprint density at radius 2 is 2.33 bits per heavy atom. The second-order valence-corrected chi connectivity index (χ2v) is 4.81. The quantitative estimate of drug-likeness (QED) is 0.805. The molecule has 2 heterocycles. The molecule has 18 heavy (non-hydrogen) atoms. The minimum absolute atomic E-state index is 0.00614. The molecule has 0 amide bonds. The standard InChI is InChI=1S/C11H14N4O2S/c12-5-3-9-10(11(16)17)13-14-15(9)6-4-8-2-1-7-18-8/h1-2,7H,3-6,12H2,(H,16,17). The molecule has 7 heteroatoms. The Morgan fingerprint density at radius 1 is 1.50 bits per heavy atom. The minimum atomic E-state index is -1.05. The molecule has 0 saturated carbocycles. The van der Waals surface area contributed by atoms with Crippen LogP contribution >= 0.6 is 11.3 Å². The fraction of sp³-hybridized carbons (Fsp3) is 0.364. The van der Waals surface area contributed by atoms with Gasteiger partial charge in [-0.15, -0.1) is 16.4 Å². The maximum Gasteiger partial charge on any atom is 0.358 e. The molecule has 2 aromatic rings. The van der Waals surface area contributed by atoms with Crippen molar-refractivity contribution in [2.24, 2.45) is 5.73 Å². The number of hydrogen-bond donors (Lipinski definition) is 2. The van der Waals surface area contributed by atoms with Crippen LogP contribution in [-0.4, -0.2) is 32.6 Å². The van der Waals surface area contributed by atoms with E-state index < -0.39 is 5.97 Å². The maximum atomic E-state index is 11.0. The normalized spacial score (nSPS) is 10.7. The van der Waals surface area contributed by atoms with Crippen LogP contribution in [0.3, 0.4) is 0 Å². The Hall–Kier alpha value is -1.73. The summed E-state index contributed by atoms with van der Waals surface area (Å²) in [5, 5.41) is 18.6. The van der Waals surface area contributed by atoms with Crippen LogP contribution in [0.1, 0.15) is 21.1 Å². The van der Waals surface area contributed by atoms with Gasteiger partial charge in [-0.05, 0) is 18.0 Å². The number of carboxylic acids is 1. The molecule has 0 aliphatic rings. The zero-order valence-corrected chi connectivity index (χ0v) is 10.6. The van der Waals surface area contributed by atoms with Gasteiger partial charge >= 0.3 is 5.97 Å². The van der Waals surface area contributed by atoms with Crippen molar-refractivity contribution in [3.05, 3.63) is 33.8 Å². The highest BCUT2D eigenvalue weighted by molar-refractivity contribution is 7.09. The fourth-order valence-electron chi connectivity index (χ4n) is 1.73. The second-order valence-electron chi connectivity index (χ2n) is 3.78. The lowest BCUT2D eigenvalue weighted by atomic mass is 10.2. The topological polar surface area (TPSA) is 94.0 Å². The van der Waals surface area contributed by atoms with E-state index in [4.69, 9.17) is 10.8 Å². The molecule has 96 valence electrons. The number of aromatic nitrogens is 3. The average Bonchev–Trinajstić information content (AvgIpc) is 2.95. The Morgan fingerprint density at radius 3 is 2.94 bits per heavy atom. The largest absolute Gasteiger partial charge is 0.476 e. The van der Waals surface area contributed by atoms with Gasteiger partial charge in [0.05, 0.1) is 5.69 Å². The predicted molar refractivity (Wildman–Crippen MR) is 67.8 cm³/mol. The van der Waals surface area contributed by atoms with Gasteiger partial charge in [-0.1, -0.05) is 11.3 Å². The summed E-state index contributed by atoms with van der Waals surface area (Å²) in [7, 11) is 0. The van der Waals surface area contributed by atoms with Crippen molar-refractivity contribution in [2.75, 3.05) is 6.54 Å². The lowest BCUT2D eigenvalue weighted by Crippen LogP contribution is -2.14. The highest BCUT2D eigenvalue weighted by atomic mass is 32.1. The summed E-state index contributed by atoms with van der Waals surface area (Å²) >= 11 is 1.67. The number of aryl methyl sites for hydroxylation is 2. The molecule has 0 aromatic carbocycles. The number of nitrogens with two attached hydrogens (primary N) is 1. The number of aromatic carboxylic acids is 1. The lowest BCUT2D eigenvalue weighted by Gasteiger charge is -2.04. The van der Waals surface area contributed by atoms with Gasteiger partial charge < -0.3 is 10.8 Å². The molecule has 2 aromatic heterocycles. The van der Waals surface area contributed by atoms with E-state index in [9.17, 15) is 4.79 Å². The minimum Gasteiger partial charge on any atom is -0.476 e. The molecular weight excluding hydrogens is 252 g/mol. The zero-order valence-electron chi connectivity index (χ0n) is 9.74. The van der Waals surface area contributed by atoms with E-state index in [1.807, 2.05) is 17.5 Å². The number of hydrogen-bond acceptors (Lipinski definition) is 5. The van der Waals surface area contributed by atoms with E-state index >= 15 is 0 Å². The molecule has 0 saturated heterocycles. The molecule has 0 aliphatic carbocycles. The van der Waals surface area contributed by atoms with E-state index in [0.29, 0.717) is 25.2 Å². The van der Waals surface area contributed by atoms with Crippen LogP contribution in [0.15, 0.2) is 17.5 Å². The summed E-state index contributed by atoms with van der Waals surface area (Å²) in [6, 6.07) is 4.03.